The maximum absolute atomic E-state index is 9.80. The van der Waals surface area contributed by atoms with E-state index in [0.717, 1.165) is 19.3 Å². The van der Waals surface area contributed by atoms with E-state index < -0.39 is 0 Å². The van der Waals surface area contributed by atoms with Crippen molar-refractivity contribution in [1.29, 1.82) is 0 Å². The topological polar surface area (TPSA) is 20.2 Å². The molecule has 1 nitrogen and oxygen atoms in total. The highest BCUT2D eigenvalue weighted by Crippen LogP contribution is 2.35. The first-order valence-electron chi connectivity index (χ1n) is 5.13. The van der Waals surface area contributed by atoms with Gasteiger partial charge in [-0.25, -0.2) is 0 Å². The van der Waals surface area contributed by atoms with Gasteiger partial charge in [-0.05, 0) is 36.8 Å². The third kappa shape index (κ3) is 1.96. The van der Waals surface area contributed by atoms with Crippen LogP contribution in [0.1, 0.15) is 30.7 Å². The summed E-state index contributed by atoms with van der Waals surface area (Å²) in [4.78, 5) is 1.29. The molecule has 1 aliphatic carbocycles. The van der Waals surface area contributed by atoms with E-state index in [-0.39, 0.29) is 6.10 Å². The molecule has 76 valence electrons. The average Bonchev–Trinajstić information content (AvgIpc) is 2.65. The predicted molar refractivity (Wildman–Crippen MR) is 60.8 cm³/mol. The number of aliphatic hydroxyl groups is 1. The fraction of sp³-hybridized carbons (Fsp3) is 0.500. The summed E-state index contributed by atoms with van der Waals surface area (Å²) in [5.41, 5.74) is 1.31. The van der Waals surface area contributed by atoms with Gasteiger partial charge in [0.15, 0.2) is 0 Å². The molecule has 0 bridgehead atoms. The summed E-state index contributed by atoms with van der Waals surface area (Å²) in [5, 5.41) is 9.80. The van der Waals surface area contributed by atoms with Crippen LogP contribution >= 0.6 is 11.8 Å². The largest absolute Gasteiger partial charge is 0.392 e. The number of benzene rings is 1. The molecule has 2 atom stereocenters. The minimum absolute atomic E-state index is 0.118. The van der Waals surface area contributed by atoms with Crippen LogP contribution in [-0.2, 0) is 0 Å². The number of aliphatic hydroxyl groups excluding tert-OH is 1. The molecule has 1 aromatic carbocycles. The zero-order valence-electron chi connectivity index (χ0n) is 8.44. The van der Waals surface area contributed by atoms with Crippen LogP contribution in [-0.4, -0.2) is 17.5 Å². The molecular weight excluding hydrogens is 192 g/mol. The molecule has 0 aromatic heterocycles. The first kappa shape index (κ1) is 10.1. The van der Waals surface area contributed by atoms with Gasteiger partial charge in [0.05, 0.1) is 6.10 Å². The first-order chi connectivity index (χ1) is 6.81. The van der Waals surface area contributed by atoms with Gasteiger partial charge in [-0.15, -0.1) is 11.8 Å². The van der Waals surface area contributed by atoms with E-state index in [1.807, 2.05) is 0 Å². The van der Waals surface area contributed by atoms with Gasteiger partial charge in [-0.3, -0.25) is 0 Å². The van der Waals surface area contributed by atoms with Gasteiger partial charge in [-0.1, -0.05) is 18.6 Å². The van der Waals surface area contributed by atoms with E-state index in [0.29, 0.717) is 5.92 Å². The Morgan fingerprint density at radius 3 is 2.86 bits per heavy atom. The maximum Gasteiger partial charge on any atom is 0.0608 e. The first-order valence-corrected chi connectivity index (χ1v) is 6.36. The standard InChI is InChI=1S/C12H16OS/c1-14-10-5-2-4-9(8-10)11-6-3-7-12(11)13/h2,4-5,8,11-13H,3,6-7H2,1H3/t11-,12+/m1/s1. The van der Waals surface area contributed by atoms with E-state index in [2.05, 4.69) is 30.5 Å². The molecule has 1 saturated carbocycles. The van der Waals surface area contributed by atoms with Gasteiger partial charge in [0.2, 0.25) is 0 Å². The Morgan fingerprint density at radius 1 is 1.36 bits per heavy atom. The summed E-state index contributed by atoms with van der Waals surface area (Å²) in [6.07, 6.45) is 5.24. The summed E-state index contributed by atoms with van der Waals surface area (Å²) in [5.74, 6) is 0.377. The predicted octanol–water partition coefficient (Wildman–Crippen LogP) is 3.04. The summed E-state index contributed by atoms with van der Waals surface area (Å²) >= 11 is 1.76. The highest BCUT2D eigenvalue weighted by Gasteiger charge is 2.26. The molecule has 1 aromatic rings. The maximum atomic E-state index is 9.80. The van der Waals surface area contributed by atoms with E-state index in [9.17, 15) is 5.11 Å². The smallest absolute Gasteiger partial charge is 0.0608 e. The monoisotopic (exact) mass is 208 g/mol. The number of thioether (sulfide) groups is 1. The molecule has 1 aliphatic rings. The second kappa shape index (κ2) is 4.37. The van der Waals surface area contributed by atoms with Crippen molar-refractivity contribution in [2.24, 2.45) is 0 Å². The second-order valence-corrected chi connectivity index (χ2v) is 4.76. The molecule has 0 heterocycles. The Morgan fingerprint density at radius 2 is 2.21 bits per heavy atom. The third-order valence-electron chi connectivity index (χ3n) is 3.00. The van der Waals surface area contributed by atoms with Gasteiger partial charge in [0, 0.05) is 10.8 Å². The van der Waals surface area contributed by atoms with Crippen molar-refractivity contribution in [3.05, 3.63) is 29.8 Å². The molecule has 0 radical (unpaired) electrons. The lowest BCUT2D eigenvalue weighted by Crippen LogP contribution is -2.10. The molecule has 0 aliphatic heterocycles. The lowest BCUT2D eigenvalue weighted by Gasteiger charge is -2.15. The molecule has 0 spiro atoms. The SMILES string of the molecule is CSc1cccc([C@H]2CCC[C@@H]2O)c1. The summed E-state index contributed by atoms with van der Waals surface area (Å²) in [7, 11) is 0. The summed E-state index contributed by atoms with van der Waals surface area (Å²) in [6.45, 7) is 0. The lowest BCUT2D eigenvalue weighted by atomic mass is 9.96. The highest BCUT2D eigenvalue weighted by molar-refractivity contribution is 7.98. The Bertz CT molecular complexity index is 311. The third-order valence-corrected chi connectivity index (χ3v) is 3.73. The molecular formula is C12H16OS. The lowest BCUT2D eigenvalue weighted by molar-refractivity contribution is 0.164. The Balaban J connectivity index is 2.22. The molecule has 14 heavy (non-hydrogen) atoms. The van der Waals surface area contributed by atoms with Crippen molar-refractivity contribution in [2.45, 2.75) is 36.2 Å². The molecule has 0 amide bonds. The summed E-state index contributed by atoms with van der Waals surface area (Å²) < 4.78 is 0. The zero-order chi connectivity index (χ0) is 9.97. The fourth-order valence-corrected chi connectivity index (χ4v) is 2.67. The van der Waals surface area contributed by atoms with Crippen LogP contribution in [0.3, 0.4) is 0 Å². The Kier molecular flexibility index (Phi) is 3.14. The Hall–Kier alpha value is -0.470. The molecule has 2 rings (SSSR count). The van der Waals surface area contributed by atoms with E-state index in [1.165, 1.54) is 10.5 Å². The molecule has 2 heteroatoms. The van der Waals surface area contributed by atoms with Crippen LogP contribution in [0.4, 0.5) is 0 Å². The number of hydrogen-bond donors (Lipinski definition) is 1. The molecule has 0 saturated heterocycles. The summed E-state index contributed by atoms with van der Waals surface area (Å²) in [6, 6.07) is 8.56. The second-order valence-electron chi connectivity index (χ2n) is 3.88. The molecule has 1 fully saturated rings. The van der Waals surface area contributed by atoms with Crippen LogP contribution in [0.2, 0.25) is 0 Å². The Labute approximate surface area is 89.5 Å². The minimum atomic E-state index is -0.118. The normalized spacial score (nSPS) is 26.7. The van der Waals surface area contributed by atoms with Crippen LogP contribution in [0, 0.1) is 0 Å². The van der Waals surface area contributed by atoms with Crippen LogP contribution in [0.25, 0.3) is 0 Å². The number of hydrogen-bond acceptors (Lipinski definition) is 2. The van der Waals surface area contributed by atoms with Gasteiger partial charge in [-0.2, -0.15) is 0 Å². The van der Waals surface area contributed by atoms with Crippen LogP contribution in [0.15, 0.2) is 29.2 Å². The van der Waals surface area contributed by atoms with Gasteiger partial charge in [0.25, 0.3) is 0 Å². The van der Waals surface area contributed by atoms with E-state index in [1.54, 1.807) is 11.8 Å². The molecule has 1 N–H and O–H groups in total. The van der Waals surface area contributed by atoms with Crippen molar-refractivity contribution < 1.29 is 5.11 Å². The van der Waals surface area contributed by atoms with Crippen molar-refractivity contribution in [2.75, 3.05) is 6.26 Å². The van der Waals surface area contributed by atoms with Crippen LogP contribution < -0.4 is 0 Å². The van der Waals surface area contributed by atoms with Crippen molar-refractivity contribution >= 4 is 11.8 Å². The van der Waals surface area contributed by atoms with Crippen molar-refractivity contribution in [1.82, 2.24) is 0 Å². The number of rotatable bonds is 2. The fourth-order valence-electron chi connectivity index (χ4n) is 2.20. The van der Waals surface area contributed by atoms with E-state index >= 15 is 0 Å². The average molecular weight is 208 g/mol. The van der Waals surface area contributed by atoms with Gasteiger partial charge >= 0.3 is 0 Å². The molecule has 0 unspecified atom stereocenters. The van der Waals surface area contributed by atoms with Gasteiger partial charge in [0.1, 0.15) is 0 Å². The quantitative estimate of drug-likeness (QED) is 0.754. The van der Waals surface area contributed by atoms with Gasteiger partial charge < -0.3 is 5.11 Å². The van der Waals surface area contributed by atoms with Crippen molar-refractivity contribution in [3.63, 3.8) is 0 Å². The van der Waals surface area contributed by atoms with Crippen LogP contribution in [0.5, 0.6) is 0 Å². The minimum Gasteiger partial charge on any atom is -0.392 e. The van der Waals surface area contributed by atoms with Crippen molar-refractivity contribution in [3.8, 4) is 0 Å². The highest BCUT2D eigenvalue weighted by atomic mass is 32.2. The zero-order valence-corrected chi connectivity index (χ0v) is 9.26. The van der Waals surface area contributed by atoms with E-state index in [4.69, 9.17) is 0 Å².